The molecule has 3 aromatic rings. The van der Waals surface area contributed by atoms with Crippen LogP contribution in [0.1, 0.15) is 23.3 Å². The van der Waals surface area contributed by atoms with Gasteiger partial charge in [-0.3, -0.25) is 9.36 Å². The number of likely N-dealkylation sites (tertiary alicyclic amines) is 1. The molecule has 0 radical (unpaired) electrons. The van der Waals surface area contributed by atoms with Crippen LogP contribution in [0.5, 0.6) is 5.75 Å². The van der Waals surface area contributed by atoms with Crippen molar-refractivity contribution in [2.24, 2.45) is 0 Å². The van der Waals surface area contributed by atoms with Crippen LogP contribution in [0.3, 0.4) is 0 Å². The minimum atomic E-state index is -0.103. The minimum absolute atomic E-state index is 0.0535. The largest absolute Gasteiger partial charge is 0.491 e. The first-order valence-electron chi connectivity index (χ1n) is 8.62. The number of hydrogen-bond acceptors (Lipinski definition) is 5. The molecule has 0 spiro atoms. The first-order chi connectivity index (χ1) is 12.8. The van der Waals surface area contributed by atoms with Crippen molar-refractivity contribution in [3.63, 3.8) is 0 Å². The molecule has 0 bridgehead atoms. The lowest BCUT2D eigenvalue weighted by molar-refractivity contribution is 0.0684. The van der Waals surface area contributed by atoms with Crippen molar-refractivity contribution in [1.29, 1.82) is 0 Å². The van der Waals surface area contributed by atoms with Crippen LogP contribution in [0, 0.1) is 0 Å². The van der Waals surface area contributed by atoms with Crippen molar-refractivity contribution in [2.75, 3.05) is 13.2 Å². The summed E-state index contributed by atoms with van der Waals surface area (Å²) >= 11 is 0. The zero-order valence-corrected chi connectivity index (χ0v) is 14.2. The van der Waals surface area contributed by atoms with Gasteiger partial charge in [0.15, 0.2) is 11.5 Å². The van der Waals surface area contributed by atoms with E-state index < -0.39 is 0 Å². The molecule has 1 aromatic carbocycles. The molecular weight excluding hydrogens is 330 g/mol. The summed E-state index contributed by atoms with van der Waals surface area (Å²) in [7, 11) is 0. The molecule has 0 aliphatic carbocycles. The molecule has 3 heterocycles. The summed E-state index contributed by atoms with van der Waals surface area (Å²) in [6.07, 6.45) is 6.99. The average Bonchev–Trinajstić information content (AvgIpc) is 3.39. The lowest BCUT2D eigenvalue weighted by Crippen LogP contribution is -2.39. The fourth-order valence-corrected chi connectivity index (χ4v) is 3.10. The van der Waals surface area contributed by atoms with Crippen LogP contribution in [0.4, 0.5) is 0 Å². The number of rotatable bonds is 5. The molecule has 132 valence electrons. The topological polar surface area (TPSA) is 73.1 Å². The van der Waals surface area contributed by atoms with Gasteiger partial charge in [-0.1, -0.05) is 18.2 Å². The lowest BCUT2D eigenvalue weighted by Gasteiger charge is -2.24. The number of amides is 1. The van der Waals surface area contributed by atoms with E-state index in [1.54, 1.807) is 35.4 Å². The Kier molecular flexibility index (Phi) is 4.59. The Morgan fingerprint density at radius 1 is 1.15 bits per heavy atom. The monoisotopic (exact) mass is 349 g/mol. The van der Waals surface area contributed by atoms with E-state index in [1.165, 1.54) is 0 Å². The standard InChI is InChI=1S/C19H19N5O2/c25-19(17-8-9-18(22-21-17)23-12-10-20-14-23)24-11-4-5-15(24)13-26-16-6-2-1-3-7-16/h1-3,6-10,12,14-15H,4-5,11,13H2/t15-/m0/s1. The van der Waals surface area contributed by atoms with E-state index in [-0.39, 0.29) is 11.9 Å². The van der Waals surface area contributed by atoms with E-state index in [0.717, 1.165) is 18.6 Å². The van der Waals surface area contributed by atoms with Crippen molar-refractivity contribution in [2.45, 2.75) is 18.9 Å². The van der Waals surface area contributed by atoms with Crippen LogP contribution in [0.25, 0.3) is 5.82 Å². The minimum Gasteiger partial charge on any atom is -0.491 e. The van der Waals surface area contributed by atoms with Gasteiger partial charge in [0.05, 0.1) is 6.04 Å². The summed E-state index contributed by atoms with van der Waals surface area (Å²) < 4.78 is 7.58. The summed E-state index contributed by atoms with van der Waals surface area (Å²) in [6.45, 7) is 1.20. The molecular formula is C19H19N5O2. The normalized spacial score (nSPS) is 16.6. The van der Waals surface area contributed by atoms with Crippen LogP contribution in [-0.4, -0.2) is 49.7 Å². The second-order valence-electron chi connectivity index (χ2n) is 6.17. The van der Waals surface area contributed by atoms with Gasteiger partial charge in [-0.2, -0.15) is 0 Å². The Morgan fingerprint density at radius 2 is 2.04 bits per heavy atom. The quantitative estimate of drug-likeness (QED) is 0.707. The molecule has 1 atom stereocenters. The van der Waals surface area contributed by atoms with E-state index in [4.69, 9.17) is 4.74 Å². The molecule has 1 aliphatic rings. The highest BCUT2D eigenvalue weighted by Gasteiger charge is 2.30. The molecule has 4 rings (SSSR count). The number of nitrogens with zero attached hydrogens (tertiary/aromatic N) is 5. The third kappa shape index (κ3) is 3.42. The Hall–Kier alpha value is -3.22. The van der Waals surface area contributed by atoms with E-state index in [0.29, 0.717) is 24.7 Å². The summed E-state index contributed by atoms with van der Waals surface area (Å²) in [5.74, 6) is 1.34. The predicted molar refractivity (Wildman–Crippen MR) is 95.1 cm³/mol. The van der Waals surface area contributed by atoms with Gasteiger partial charge in [-0.15, -0.1) is 10.2 Å². The van der Waals surface area contributed by atoms with Crippen LogP contribution >= 0.6 is 0 Å². The fraction of sp³-hybridized carbons (Fsp3) is 0.263. The molecule has 0 saturated carbocycles. The van der Waals surface area contributed by atoms with Crippen molar-refractivity contribution in [3.8, 4) is 11.6 Å². The van der Waals surface area contributed by atoms with Gasteiger partial charge in [0.2, 0.25) is 0 Å². The van der Waals surface area contributed by atoms with E-state index in [1.807, 2.05) is 35.2 Å². The molecule has 2 aromatic heterocycles. The van der Waals surface area contributed by atoms with E-state index >= 15 is 0 Å². The van der Waals surface area contributed by atoms with Gasteiger partial charge in [0.1, 0.15) is 18.7 Å². The first-order valence-corrected chi connectivity index (χ1v) is 8.62. The third-order valence-electron chi connectivity index (χ3n) is 4.46. The second kappa shape index (κ2) is 7.35. The lowest BCUT2D eigenvalue weighted by atomic mass is 10.2. The summed E-state index contributed by atoms with van der Waals surface area (Å²) in [5, 5.41) is 8.23. The van der Waals surface area contributed by atoms with Crippen LogP contribution in [-0.2, 0) is 0 Å². The van der Waals surface area contributed by atoms with Crippen molar-refractivity contribution >= 4 is 5.91 Å². The number of ether oxygens (including phenoxy) is 1. The van der Waals surface area contributed by atoms with Crippen LogP contribution < -0.4 is 4.74 Å². The zero-order valence-electron chi connectivity index (χ0n) is 14.2. The first kappa shape index (κ1) is 16.3. The molecule has 0 N–H and O–H groups in total. The van der Waals surface area contributed by atoms with Crippen molar-refractivity contribution in [1.82, 2.24) is 24.6 Å². The maximum atomic E-state index is 12.8. The van der Waals surface area contributed by atoms with Gasteiger partial charge in [0, 0.05) is 18.9 Å². The zero-order chi connectivity index (χ0) is 17.8. The number of carbonyl (C=O) groups excluding carboxylic acids is 1. The highest BCUT2D eigenvalue weighted by Crippen LogP contribution is 2.21. The second-order valence-corrected chi connectivity index (χ2v) is 6.17. The highest BCUT2D eigenvalue weighted by molar-refractivity contribution is 5.92. The Balaban J connectivity index is 1.43. The van der Waals surface area contributed by atoms with Gasteiger partial charge in [-0.25, -0.2) is 4.98 Å². The maximum Gasteiger partial charge on any atom is 0.274 e. The summed E-state index contributed by atoms with van der Waals surface area (Å²) in [6, 6.07) is 13.2. The number of aromatic nitrogens is 4. The molecule has 1 aliphatic heterocycles. The Labute approximate surface area is 151 Å². The number of hydrogen-bond donors (Lipinski definition) is 0. The van der Waals surface area contributed by atoms with Gasteiger partial charge in [0.25, 0.3) is 5.91 Å². The molecule has 1 saturated heterocycles. The summed E-state index contributed by atoms with van der Waals surface area (Å²) in [5.41, 5.74) is 0.348. The van der Waals surface area contributed by atoms with Gasteiger partial charge in [-0.05, 0) is 37.1 Å². The predicted octanol–water partition coefficient (Wildman–Crippen LogP) is 2.35. The Bertz CT molecular complexity index is 849. The van der Waals surface area contributed by atoms with Gasteiger partial charge < -0.3 is 9.64 Å². The Morgan fingerprint density at radius 3 is 2.77 bits per heavy atom. The third-order valence-corrected chi connectivity index (χ3v) is 4.46. The van der Waals surface area contributed by atoms with E-state index in [9.17, 15) is 4.79 Å². The number of benzene rings is 1. The van der Waals surface area contributed by atoms with Crippen molar-refractivity contribution in [3.05, 3.63) is 66.9 Å². The number of carbonyl (C=O) groups is 1. The molecule has 1 amide bonds. The van der Waals surface area contributed by atoms with E-state index in [2.05, 4.69) is 15.2 Å². The molecule has 1 fully saturated rings. The molecule has 26 heavy (non-hydrogen) atoms. The van der Waals surface area contributed by atoms with Crippen LogP contribution in [0.2, 0.25) is 0 Å². The van der Waals surface area contributed by atoms with Crippen LogP contribution in [0.15, 0.2) is 61.2 Å². The molecule has 0 unspecified atom stereocenters. The SMILES string of the molecule is O=C(c1ccc(-n2ccnc2)nn1)N1CCC[C@H]1COc1ccccc1. The smallest absolute Gasteiger partial charge is 0.274 e. The van der Waals surface area contributed by atoms with Gasteiger partial charge >= 0.3 is 0 Å². The highest BCUT2D eigenvalue weighted by atomic mass is 16.5. The maximum absolute atomic E-state index is 12.8. The molecule has 7 heteroatoms. The van der Waals surface area contributed by atoms with Crippen molar-refractivity contribution < 1.29 is 9.53 Å². The number of imidazole rings is 1. The fourth-order valence-electron chi connectivity index (χ4n) is 3.10. The molecule has 7 nitrogen and oxygen atoms in total. The average molecular weight is 349 g/mol. The summed E-state index contributed by atoms with van der Waals surface area (Å²) in [4.78, 5) is 18.6. The number of para-hydroxylation sites is 1.